The van der Waals surface area contributed by atoms with Gasteiger partial charge in [0.25, 0.3) is 10.0 Å². The zero-order chi connectivity index (χ0) is 16.8. The highest BCUT2D eigenvalue weighted by Crippen LogP contribution is 2.24. The smallest absolute Gasteiger partial charge is 0.421 e. The topological polar surface area (TPSA) is 72.5 Å². The Morgan fingerprint density at radius 1 is 1.18 bits per heavy atom. The second-order valence-electron chi connectivity index (χ2n) is 4.80. The quantitative estimate of drug-likeness (QED) is 0.782. The first-order valence-electron chi connectivity index (χ1n) is 7.34. The van der Waals surface area contributed by atoms with Crippen LogP contribution < -0.4 is 4.72 Å². The van der Waals surface area contributed by atoms with Crippen molar-refractivity contribution in [2.45, 2.75) is 44.9 Å². The van der Waals surface area contributed by atoms with Crippen molar-refractivity contribution < 1.29 is 17.9 Å². The Morgan fingerprint density at radius 2 is 1.73 bits per heavy atom. The van der Waals surface area contributed by atoms with Gasteiger partial charge in [-0.2, -0.15) is 0 Å². The van der Waals surface area contributed by atoms with Crippen molar-refractivity contribution in [1.29, 1.82) is 0 Å². The van der Waals surface area contributed by atoms with Crippen LogP contribution in [0.3, 0.4) is 0 Å². The van der Waals surface area contributed by atoms with Gasteiger partial charge in [-0.1, -0.05) is 45.6 Å². The van der Waals surface area contributed by atoms with Crippen LogP contribution in [-0.2, 0) is 34.0 Å². The molecule has 0 saturated carbocycles. The van der Waals surface area contributed by atoms with Crippen LogP contribution >= 0.6 is 0 Å². The maximum Gasteiger partial charge on any atom is 0.421 e. The predicted octanol–water partition coefficient (Wildman–Crippen LogP) is 2.97. The second kappa shape index (κ2) is 7.98. The Kier molecular flexibility index (Phi) is 6.61. The van der Waals surface area contributed by atoms with Crippen molar-refractivity contribution >= 4 is 16.1 Å². The van der Waals surface area contributed by atoms with Gasteiger partial charge in [0, 0.05) is 0 Å². The van der Waals surface area contributed by atoms with Crippen LogP contribution in [0.15, 0.2) is 29.7 Å². The average Bonchev–Trinajstić information content (AvgIpc) is 2.50. The molecule has 0 radical (unpaired) electrons. The molecule has 1 amide bonds. The summed E-state index contributed by atoms with van der Waals surface area (Å²) in [6.45, 7) is 9.17. The van der Waals surface area contributed by atoms with Gasteiger partial charge in [0.1, 0.15) is 6.61 Å². The van der Waals surface area contributed by atoms with Crippen LogP contribution in [-0.4, -0.2) is 21.1 Å². The predicted molar refractivity (Wildman–Crippen MR) is 86.4 cm³/mol. The van der Waals surface area contributed by atoms with Crippen LogP contribution in [0.4, 0.5) is 4.79 Å². The molecule has 1 aromatic carbocycles. The Balaban J connectivity index is 3.28. The van der Waals surface area contributed by atoms with Gasteiger partial charge in [-0.15, -0.1) is 0 Å². The van der Waals surface area contributed by atoms with E-state index in [-0.39, 0.29) is 11.5 Å². The fraction of sp³-hybridized carbons (Fsp3) is 0.438. The largest absolute Gasteiger partial charge is 0.445 e. The molecule has 0 atom stereocenters. The number of benzene rings is 1. The molecule has 0 spiro atoms. The van der Waals surface area contributed by atoms with Crippen LogP contribution in [0.2, 0.25) is 0 Å². The minimum Gasteiger partial charge on any atom is -0.445 e. The molecule has 0 aromatic heterocycles. The summed E-state index contributed by atoms with van der Waals surface area (Å²) in [4.78, 5) is 11.7. The van der Waals surface area contributed by atoms with E-state index >= 15 is 0 Å². The molecular weight excluding hydrogens is 302 g/mol. The number of rotatable bonds is 7. The number of carbonyl (C=O) groups is 1. The van der Waals surface area contributed by atoms with Gasteiger partial charge in [-0.25, -0.2) is 17.9 Å². The Hall–Kier alpha value is -1.82. The van der Waals surface area contributed by atoms with Gasteiger partial charge in [0.15, 0.2) is 0 Å². The molecule has 122 valence electrons. The summed E-state index contributed by atoms with van der Waals surface area (Å²) in [7, 11) is -3.96. The van der Waals surface area contributed by atoms with E-state index in [0.717, 1.165) is 12.0 Å². The number of nitrogens with one attached hydrogen (secondary N) is 1. The van der Waals surface area contributed by atoms with E-state index in [9.17, 15) is 13.2 Å². The molecule has 0 unspecified atom stereocenters. The molecule has 1 rings (SSSR count). The van der Waals surface area contributed by atoms with Crippen LogP contribution in [0.25, 0.3) is 0 Å². The minimum absolute atomic E-state index is 0.0443. The minimum atomic E-state index is -3.96. The number of sulfonamides is 1. The lowest BCUT2D eigenvalue weighted by Crippen LogP contribution is -2.32. The summed E-state index contributed by atoms with van der Waals surface area (Å²) < 4.78 is 31.7. The Bertz CT molecular complexity index is 625. The van der Waals surface area contributed by atoms with Gasteiger partial charge >= 0.3 is 6.09 Å². The first-order chi connectivity index (χ1) is 10.4. The lowest BCUT2D eigenvalue weighted by atomic mass is 10.0. The van der Waals surface area contributed by atoms with Crippen molar-refractivity contribution in [3.05, 3.63) is 41.5 Å². The number of carbonyl (C=O) groups excluding carboxylic acids is 1. The Labute approximate surface area is 132 Å². The lowest BCUT2D eigenvalue weighted by Gasteiger charge is -2.16. The van der Waals surface area contributed by atoms with Gasteiger partial charge in [0.05, 0.1) is 4.90 Å². The van der Waals surface area contributed by atoms with E-state index < -0.39 is 16.1 Å². The molecule has 5 nitrogen and oxygen atoms in total. The highest BCUT2D eigenvalue weighted by atomic mass is 32.2. The normalized spacial score (nSPS) is 11.0. The van der Waals surface area contributed by atoms with E-state index in [1.54, 1.807) is 0 Å². The van der Waals surface area contributed by atoms with Crippen molar-refractivity contribution in [2.24, 2.45) is 0 Å². The van der Waals surface area contributed by atoms with E-state index in [0.29, 0.717) is 24.0 Å². The lowest BCUT2D eigenvalue weighted by molar-refractivity contribution is 0.165. The standard InChI is InChI=1S/C16H23NO4S/c1-5-9-21-16(18)17-22(19,20)15-13(7-3)10-12(6-2)11-14(15)8-4/h5,10-11H,1,6-9H2,2-4H3,(H,17,18). The SMILES string of the molecule is C=CCOC(=O)NS(=O)(=O)c1c(CC)cc(CC)cc1CC. The van der Waals surface area contributed by atoms with E-state index in [2.05, 4.69) is 6.58 Å². The van der Waals surface area contributed by atoms with Crippen molar-refractivity contribution in [2.75, 3.05) is 6.61 Å². The molecule has 0 heterocycles. The van der Waals surface area contributed by atoms with E-state index in [1.807, 2.05) is 37.6 Å². The average molecular weight is 325 g/mol. The molecule has 0 aliphatic rings. The van der Waals surface area contributed by atoms with Crippen LogP contribution in [0.5, 0.6) is 0 Å². The van der Waals surface area contributed by atoms with Gasteiger partial charge in [-0.3, -0.25) is 0 Å². The number of hydrogen-bond donors (Lipinski definition) is 1. The van der Waals surface area contributed by atoms with Crippen molar-refractivity contribution in [3.63, 3.8) is 0 Å². The monoisotopic (exact) mass is 325 g/mol. The maximum absolute atomic E-state index is 12.5. The van der Waals surface area contributed by atoms with Crippen molar-refractivity contribution in [3.8, 4) is 0 Å². The molecule has 0 aliphatic carbocycles. The first kappa shape index (κ1) is 18.2. The molecule has 0 aliphatic heterocycles. The van der Waals surface area contributed by atoms with Crippen molar-refractivity contribution in [1.82, 2.24) is 4.72 Å². The molecule has 1 N–H and O–H groups in total. The molecule has 0 bridgehead atoms. The molecule has 1 aromatic rings. The fourth-order valence-corrected chi connectivity index (χ4v) is 3.70. The summed E-state index contributed by atoms with van der Waals surface area (Å²) >= 11 is 0. The Morgan fingerprint density at radius 3 is 2.14 bits per heavy atom. The van der Waals surface area contributed by atoms with Crippen LogP contribution in [0, 0.1) is 0 Å². The van der Waals surface area contributed by atoms with E-state index in [4.69, 9.17) is 4.74 Å². The van der Waals surface area contributed by atoms with Gasteiger partial charge in [0.2, 0.25) is 0 Å². The highest BCUT2D eigenvalue weighted by Gasteiger charge is 2.24. The first-order valence-corrected chi connectivity index (χ1v) is 8.82. The molecule has 6 heteroatoms. The molecule has 0 saturated heterocycles. The third-order valence-electron chi connectivity index (χ3n) is 3.29. The summed E-state index contributed by atoms with van der Waals surface area (Å²) in [5.74, 6) is 0. The van der Waals surface area contributed by atoms with Gasteiger partial charge in [-0.05, 0) is 36.0 Å². The number of amides is 1. The molecule has 0 fully saturated rings. The van der Waals surface area contributed by atoms with Gasteiger partial charge < -0.3 is 4.74 Å². The third-order valence-corrected chi connectivity index (χ3v) is 4.79. The number of aryl methyl sites for hydroxylation is 3. The second-order valence-corrected chi connectivity index (χ2v) is 6.42. The third kappa shape index (κ3) is 4.34. The fourth-order valence-electron chi connectivity index (χ4n) is 2.23. The molecule has 22 heavy (non-hydrogen) atoms. The number of ether oxygens (including phenoxy) is 1. The summed E-state index contributed by atoms with van der Waals surface area (Å²) in [5, 5.41) is 0. The maximum atomic E-state index is 12.5. The van der Waals surface area contributed by atoms with E-state index in [1.165, 1.54) is 6.08 Å². The summed E-state index contributed by atoms with van der Waals surface area (Å²) in [5.41, 5.74) is 2.50. The zero-order valence-electron chi connectivity index (χ0n) is 13.3. The molecular formula is C16H23NO4S. The number of hydrogen-bond acceptors (Lipinski definition) is 4. The summed E-state index contributed by atoms with van der Waals surface area (Å²) in [6, 6.07) is 3.76. The summed E-state index contributed by atoms with van der Waals surface area (Å²) in [6.07, 6.45) is 2.34. The van der Waals surface area contributed by atoms with Crippen LogP contribution in [0.1, 0.15) is 37.5 Å². The highest BCUT2D eigenvalue weighted by molar-refractivity contribution is 7.90. The zero-order valence-corrected chi connectivity index (χ0v) is 14.1.